The van der Waals surface area contributed by atoms with E-state index in [9.17, 15) is 9.36 Å². The van der Waals surface area contributed by atoms with E-state index in [0.717, 1.165) is 5.56 Å². The van der Waals surface area contributed by atoms with E-state index < -0.39 is 19.5 Å². The number of aryl methyl sites for hydroxylation is 1. The van der Waals surface area contributed by atoms with Crippen LogP contribution in [-0.4, -0.2) is 25.9 Å². The van der Waals surface area contributed by atoms with Crippen molar-refractivity contribution in [2.75, 3.05) is 19.8 Å². The Morgan fingerprint density at radius 1 is 1.30 bits per heavy atom. The Bertz CT molecular complexity index is 585. The van der Waals surface area contributed by atoms with Crippen LogP contribution in [0, 0.1) is 12.3 Å². The zero-order chi connectivity index (χ0) is 17.1. The Morgan fingerprint density at radius 3 is 2.39 bits per heavy atom. The number of ether oxygens (including phenoxy) is 1. The van der Waals surface area contributed by atoms with Gasteiger partial charge in [-0.15, -0.1) is 0 Å². The van der Waals surface area contributed by atoms with Crippen molar-refractivity contribution in [3.8, 4) is 0 Å². The number of hydrogen-bond donors (Lipinski definition) is 1. The zero-order valence-electron chi connectivity index (χ0n) is 14.0. The summed E-state index contributed by atoms with van der Waals surface area (Å²) in [5, 5.41) is 2.62. The quantitative estimate of drug-likeness (QED) is 0.838. The van der Waals surface area contributed by atoms with Gasteiger partial charge in [0.15, 0.2) is 5.78 Å². The van der Waals surface area contributed by atoms with Gasteiger partial charge in [-0.1, -0.05) is 43.7 Å². The molecule has 23 heavy (non-hydrogen) atoms. The first-order valence-electron chi connectivity index (χ1n) is 7.64. The highest BCUT2D eigenvalue weighted by molar-refractivity contribution is 7.54. The minimum absolute atomic E-state index is 0.213. The highest BCUT2D eigenvalue weighted by atomic mass is 31.2. The molecule has 1 aliphatic rings. The predicted molar refractivity (Wildman–Crippen MR) is 87.4 cm³/mol. The van der Waals surface area contributed by atoms with Crippen LogP contribution < -0.4 is 5.32 Å². The summed E-state index contributed by atoms with van der Waals surface area (Å²) in [6.45, 7) is 8.43. The van der Waals surface area contributed by atoms with E-state index in [1.54, 1.807) is 19.1 Å². The Labute approximate surface area is 137 Å². The zero-order valence-corrected chi connectivity index (χ0v) is 14.9. The molecule has 1 fully saturated rings. The fraction of sp³-hybridized carbons (Fsp3) is 0.562. The molecule has 128 valence electrons. The third-order valence-electron chi connectivity index (χ3n) is 3.51. The van der Waals surface area contributed by atoms with Crippen molar-refractivity contribution in [1.82, 2.24) is 5.32 Å². The van der Waals surface area contributed by atoms with Crippen LogP contribution in [0.2, 0.25) is 0 Å². The molecule has 1 aromatic carbocycles. The molecular weight excluding hydrogens is 317 g/mol. The van der Waals surface area contributed by atoms with Crippen molar-refractivity contribution in [3.05, 3.63) is 35.4 Å². The van der Waals surface area contributed by atoms with Crippen molar-refractivity contribution in [2.24, 2.45) is 5.41 Å². The maximum atomic E-state index is 13.1. The maximum Gasteiger partial charge on any atom is 0.408 e. The average molecular weight is 341 g/mol. The molecule has 1 atom stereocenters. The molecule has 1 aromatic rings. The number of amides is 1. The topological polar surface area (TPSA) is 73.9 Å². The molecule has 7 heteroatoms. The van der Waals surface area contributed by atoms with E-state index in [1.165, 1.54) is 0 Å². The van der Waals surface area contributed by atoms with Gasteiger partial charge in [-0.2, -0.15) is 0 Å². The summed E-state index contributed by atoms with van der Waals surface area (Å²) in [5.41, 5.74) is 1.51. The molecule has 0 bridgehead atoms. The van der Waals surface area contributed by atoms with Gasteiger partial charge >= 0.3 is 13.7 Å². The Hall–Kier alpha value is -1.36. The number of carbonyl (C=O) groups excluding carboxylic acids is 1. The first kappa shape index (κ1) is 18.0. The molecule has 0 saturated carbocycles. The molecule has 1 unspecified atom stereocenters. The number of alkyl carbamates (subject to hydrolysis) is 1. The molecule has 2 rings (SSSR count). The van der Waals surface area contributed by atoms with Crippen LogP contribution in [0.15, 0.2) is 24.3 Å². The van der Waals surface area contributed by atoms with Gasteiger partial charge in [0.25, 0.3) is 0 Å². The summed E-state index contributed by atoms with van der Waals surface area (Å²) >= 11 is 0. The van der Waals surface area contributed by atoms with E-state index in [0.29, 0.717) is 18.8 Å². The lowest BCUT2D eigenvalue weighted by Gasteiger charge is -2.37. The lowest BCUT2D eigenvalue weighted by molar-refractivity contribution is 0.0361. The number of rotatable bonds is 4. The second kappa shape index (κ2) is 7.04. The second-order valence-electron chi connectivity index (χ2n) is 6.43. The first-order chi connectivity index (χ1) is 10.8. The van der Waals surface area contributed by atoms with Crippen molar-refractivity contribution >= 4 is 13.7 Å². The van der Waals surface area contributed by atoms with Crippen LogP contribution in [0.3, 0.4) is 0 Å². The molecule has 1 saturated heterocycles. The summed E-state index contributed by atoms with van der Waals surface area (Å²) in [7, 11) is -3.53. The first-order valence-corrected chi connectivity index (χ1v) is 9.25. The average Bonchev–Trinajstić information content (AvgIpc) is 2.50. The molecule has 1 N–H and O–H groups in total. The molecule has 1 amide bonds. The van der Waals surface area contributed by atoms with Crippen LogP contribution in [0.4, 0.5) is 4.79 Å². The summed E-state index contributed by atoms with van der Waals surface area (Å²) < 4.78 is 29.2. The van der Waals surface area contributed by atoms with Crippen LogP contribution in [0.1, 0.15) is 37.7 Å². The molecule has 6 nitrogen and oxygen atoms in total. The number of nitrogens with one attached hydrogen (secondary N) is 1. The fourth-order valence-corrected chi connectivity index (χ4v) is 4.37. The molecule has 0 radical (unpaired) electrons. The lowest BCUT2D eigenvalue weighted by atomic mass is 9.97. The van der Waals surface area contributed by atoms with Crippen molar-refractivity contribution < 1.29 is 23.1 Å². The molecule has 1 heterocycles. The van der Waals surface area contributed by atoms with Gasteiger partial charge < -0.3 is 19.1 Å². The predicted octanol–water partition coefficient (Wildman–Crippen LogP) is 4.01. The van der Waals surface area contributed by atoms with Crippen molar-refractivity contribution in [3.63, 3.8) is 0 Å². The molecule has 0 aromatic heterocycles. The third kappa shape index (κ3) is 4.56. The number of benzene rings is 1. The lowest BCUT2D eigenvalue weighted by Crippen LogP contribution is -2.35. The largest absolute Gasteiger partial charge is 0.450 e. The smallest absolute Gasteiger partial charge is 0.408 e. The molecule has 1 aliphatic heterocycles. The van der Waals surface area contributed by atoms with Crippen molar-refractivity contribution in [1.29, 1.82) is 0 Å². The second-order valence-corrected chi connectivity index (χ2v) is 8.54. The van der Waals surface area contributed by atoms with Gasteiger partial charge in [0.1, 0.15) is 0 Å². The van der Waals surface area contributed by atoms with Crippen molar-refractivity contribution in [2.45, 2.75) is 33.5 Å². The summed E-state index contributed by atoms with van der Waals surface area (Å²) in [5.74, 6) is -0.891. The standard InChI is InChI=1S/C16H24NO5P/c1-5-20-15(18)17-14(13-8-6-12(2)7-9-13)23(19)21-10-16(3,4)11-22-23/h6-9,14H,5,10-11H2,1-4H3,(H,17,18). The van der Waals surface area contributed by atoms with Gasteiger partial charge in [0, 0.05) is 5.41 Å². The Kier molecular flexibility index (Phi) is 5.50. The maximum absolute atomic E-state index is 13.1. The van der Waals surface area contributed by atoms with E-state index in [2.05, 4.69) is 5.32 Å². The van der Waals surface area contributed by atoms with Gasteiger partial charge in [0.2, 0.25) is 0 Å². The van der Waals surface area contributed by atoms with E-state index in [4.69, 9.17) is 13.8 Å². The normalized spacial score (nSPS) is 20.5. The summed E-state index contributed by atoms with van der Waals surface area (Å²) in [4.78, 5) is 11.8. The Balaban J connectivity index is 2.27. The summed E-state index contributed by atoms with van der Waals surface area (Å²) in [6.07, 6.45) is -0.648. The van der Waals surface area contributed by atoms with E-state index in [-0.39, 0.29) is 12.0 Å². The van der Waals surface area contributed by atoms with Gasteiger partial charge in [-0.05, 0) is 19.4 Å². The molecule has 0 spiro atoms. The SMILES string of the molecule is CCOC(=O)NC(c1ccc(C)cc1)P1(=O)OCC(C)(C)CO1. The van der Waals surface area contributed by atoms with Gasteiger partial charge in [-0.25, -0.2) is 4.79 Å². The number of hydrogen-bond acceptors (Lipinski definition) is 5. The minimum Gasteiger partial charge on any atom is -0.450 e. The summed E-state index contributed by atoms with van der Waals surface area (Å²) in [6, 6.07) is 7.38. The molecule has 0 aliphatic carbocycles. The van der Waals surface area contributed by atoms with Crippen LogP contribution in [-0.2, 0) is 18.3 Å². The highest BCUT2D eigenvalue weighted by Crippen LogP contribution is 2.62. The van der Waals surface area contributed by atoms with Crippen LogP contribution >= 0.6 is 7.60 Å². The van der Waals surface area contributed by atoms with E-state index >= 15 is 0 Å². The van der Waals surface area contributed by atoms with Gasteiger partial charge in [-0.3, -0.25) is 4.57 Å². The highest BCUT2D eigenvalue weighted by Gasteiger charge is 2.44. The van der Waals surface area contributed by atoms with Crippen LogP contribution in [0.5, 0.6) is 0 Å². The van der Waals surface area contributed by atoms with E-state index in [1.807, 2.05) is 32.9 Å². The minimum atomic E-state index is -3.53. The van der Waals surface area contributed by atoms with Gasteiger partial charge in [0.05, 0.1) is 19.8 Å². The third-order valence-corrected chi connectivity index (χ3v) is 5.55. The van der Waals surface area contributed by atoms with Crippen LogP contribution in [0.25, 0.3) is 0 Å². The monoisotopic (exact) mass is 341 g/mol. The number of carbonyl (C=O) groups is 1. The fourth-order valence-electron chi connectivity index (χ4n) is 2.14. The molecular formula is C16H24NO5P. The Morgan fingerprint density at radius 2 is 1.87 bits per heavy atom.